The Morgan fingerprint density at radius 1 is 1.04 bits per heavy atom. The molecule has 0 aliphatic carbocycles. The Kier molecular flexibility index (Phi) is 6.72. The van der Waals surface area contributed by atoms with Crippen LogP contribution in [0, 0.1) is 5.92 Å². The average Bonchev–Trinajstić information content (AvgIpc) is 2.67. The fraction of sp³-hybridized carbons (Fsp3) is 0.619. The highest BCUT2D eigenvalue weighted by atomic mass is 16.5. The van der Waals surface area contributed by atoms with Gasteiger partial charge in [-0.2, -0.15) is 0 Å². The Hall–Kier alpha value is -2.08. The minimum Gasteiger partial charge on any atom is -0.372 e. The summed E-state index contributed by atoms with van der Waals surface area (Å²) in [6, 6.07) is 10.1. The lowest BCUT2D eigenvalue weighted by Crippen LogP contribution is -2.52. The highest BCUT2D eigenvalue weighted by molar-refractivity contribution is 5.80. The average molecular weight is 373 g/mol. The van der Waals surface area contributed by atoms with Gasteiger partial charge in [-0.05, 0) is 38.7 Å². The van der Waals surface area contributed by atoms with Crippen LogP contribution in [-0.4, -0.2) is 66.7 Å². The topological polar surface area (TPSA) is 61.9 Å². The third kappa shape index (κ3) is 5.45. The van der Waals surface area contributed by atoms with Crippen LogP contribution in [0.2, 0.25) is 0 Å². The van der Waals surface area contributed by atoms with Crippen LogP contribution in [0.1, 0.15) is 32.3 Å². The second-order valence-corrected chi connectivity index (χ2v) is 7.73. The number of piperidine rings is 1. The van der Waals surface area contributed by atoms with Gasteiger partial charge in [-0.3, -0.25) is 4.79 Å². The summed E-state index contributed by atoms with van der Waals surface area (Å²) in [5.41, 5.74) is 1.22. The summed E-state index contributed by atoms with van der Waals surface area (Å²) in [6.07, 6.45) is 2.49. The van der Waals surface area contributed by atoms with Crippen molar-refractivity contribution < 1.29 is 14.3 Å². The first-order chi connectivity index (χ1) is 13.0. The van der Waals surface area contributed by atoms with Crippen LogP contribution in [0.25, 0.3) is 0 Å². The maximum atomic E-state index is 12.8. The van der Waals surface area contributed by atoms with Crippen molar-refractivity contribution in [3.05, 3.63) is 35.9 Å². The van der Waals surface area contributed by atoms with Gasteiger partial charge in [0.25, 0.3) is 0 Å². The molecule has 1 aromatic carbocycles. The molecule has 6 nitrogen and oxygen atoms in total. The molecule has 27 heavy (non-hydrogen) atoms. The van der Waals surface area contributed by atoms with Crippen molar-refractivity contribution >= 4 is 11.9 Å². The molecule has 0 spiro atoms. The van der Waals surface area contributed by atoms with Crippen LogP contribution in [0.4, 0.5) is 4.79 Å². The minimum atomic E-state index is -0.0227. The zero-order valence-electron chi connectivity index (χ0n) is 16.4. The van der Waals surface area contributed by atoms with E-state index < -0.39 is 0 Å². The summed E-state index contributed by atoms with van der Waals surface area (Å²) < 4.78 is 5.72. The van der Waals surface area contributed by atoms with E-state index in [4.69, 9.17) is 4.74 Å². The molecule has 0 saturated carbocycles. The molecule has 2 fully saturated rings. The Morgan fingerprint density at radius 3 is 2.30 bits per heavy atom. The SMILES string of the molecule is C[C@@H]1CN(C(=O)C2CCN(C(=O)NCCc3ccccc3)CC2)C[C@H](C)O1. The Balaban J connectivity index is 1.40. The fourth-order valence-electron chi connectivity index (χ4n) is 4.02. The number of likely N-dealkylation sites (tertiary alicyclic amines) is 1. The predicted molar refractivity (Wildman–Crippen MR) is 104 cm³/mol. The van der Waals surface area contributed by atoms with Crippen molar-refractivity contribution in [2.75, 3.05) is 32.7 Å². The summed E-state index contributed by atoms with van der Waals surface area (Å²) in [5, 5.41) is 3.00. The van der Waals surface area contributed by atoms with E-state index in [1.165, 1.54) is 5.56 Å². The number of ether oxygens (including phenoxy) is 1. The van der Waals surface area contributed by atoms with Gasteiger partial charge in [-0.25, -0.2) is 4.79 Å². The monoisotopic (exact) mass is 373 g/mol. The van der Waals surface area contributed by atoms with Crippen LogP contribution < -0.4 is 5.32 Å². The molecule has 1 N–H and O–H groups in total. The van der Waals surface area contributed by atoms with Crippen molar-refractivity contribution in [1.82, 2.24) is 15.1 Å². The maximum absolute atomic E-state index is 12.8. The Bertz CT molecular complexity index is 619. The molecule has 2 aliphatic rings. The quantitative estimate of drug-likeness (QED) is 0.881. The smallest absolute Gasteiger partial charge is 0.317 e. The number of benzene rings is 1. The predicted octanol–water partition coefficient (Wildman–Crippen LogP) is 2.29. The highest BCUT2D eigenvalue weighted by Gasteiger charge is 2.33. The van der Waals surface area contributed by atoms with Crippen molar-refractivity contribution in [2.45, 2.75) is 45.3 Å². The molecule has 0 unspecified atom stereocenters. The molecule has 148 valence electrons. The highest BCUT2D eigenvalue weighted by Crippen LogP contribution is 2.22. The number of amides is 3. The van der Waals surface area contributed by atoms with Crippen LogP contribution in [0.3, 0.4) is 0 Å². The third-order valence-electron chi connectivity index (χ3n) is 5.40. The Labute approximate surface area is 161 Å². The lowest BCUT2D eigenvalue weighted by Gasteiger charge is -2.39. The van der Waals surface area contributed by atoms with Crippen molar-refractivity contribution in [2.24, 2.45) is 5.92 Å². The van der Waals surface area contributed by atoms with Gasteiger partial charge in [0.05, 0.1) is 12.2 Å². The van der Waals surface area contributed by atoms with Gasteiger partial charge in [-0.1, -0.05) is 30.3 Å². The zero-order valence-corrected chi connectivity index (χ0v) is 16.4. The summed E-state index contributed by atoms with van der Waals surface area (Å²) >= 11 is 0. The van der Waals surface area contributed by atoms with E-state index in [2.05, 4.69) is 17.4 Å². The number of rotatable bonds is 4. The molecule has 6 heteroatoms. The standard InChI is InChI=1S/C21H31N3O3/c1-16-14-24(15-17(2)27-16)20(25)19-9-12-23(13-10-19)21(26)22-11-8-18-6-4-3-5-7-18/h3-7,16-17,19H,8-15H2,1-2H3,(H,22,26)/t16-,17+. The molecule has 3 amide bonds. The summed E-state index contributed by atoms with van der Waals surface area (Å²) in [4.78, 5) is 28.9. The first kappa shape index (κ1) is 19.7. The van der Waals surface area contributed by atoms with E-state index in [1.807, 2.05) is 41.8 Å². The molecule has 2 saturated heterocycles. The lowest BCUT2D eigenvalue weighted by atomic mass is 9.95. The molecule has 3 rings (SSSR count). The van der Waals surface area contributed by atoms with Gasteiger partial charge in [0.2, 0.25) is 5.91 Å². The van der Waals surface area contributed by atoms with Crippen molar-refractivity contribution in [1.29, 1.82) is 0 Å². The number of hydrogen-bond acceptors (Lipinski definition) is 3. The number of urea groups is 1. The number of carbonyl (C=O) groups excluding carboxylic acids is 2. The van der Waals surface area contributed by atoms with Gasteiger partial charge >= 0.3 is 6.03 Å². The van der Waals surface area contributed by atoms with Crippen LogP contribution in [-0.2, 0) is 16.0 Å². The van der Waals surface area contributed by atoms with E-state index in [1.54, 1.807) is 0 Å². The van der Waals surface area contributed by atoms with E-state index >= 15 is 0 Å². The van der Waals surface area contributed by atoms with E-state index in [-0.39, 0.29) is 30.1 Å². The van der Waals surface area contributed by atoms with Gasteiger partial charge in [0.1, 0.15) is 0 Å². The zero-order chi connectivity index (χ0) is 19.2. The normalized spacial score (nSPS) is 23.9. The number of nitrogens with zero attached hydrogens (tertiary/aromatic N) is 2. The molecular weight excluding hydrogens is 342 g/mol. The van der Waals surface area contributed by atoms with Gasteiger partial charge < -0.3 is 19.9 Å². The molecule has 0 radical (unpaired) electrons. The Morgan fingerprint density at radius 2 is 1.67 bits per heavy atom. The van der Waals surface area contributed by atoms with Crippen molar-refractivity contribution in [3.63, 3.8) is 0 Å². The first-order valence-corrected chi connectivity index (χ1v) is 10.0. The third-order valence-corrected chi connectivity index (χ3v) is 5.40. The van der Waals surface area contributed by atoms with Gasteiger partial charge in [-0.15, -0.1) is 0 Å². The van der Waals surface area contributed by atoms with Gasteiger partial charge in [0, 0.05) is 38.6 Å². The molecule has 1 aromatic rings. The first-order valence-electron chi connectivity index (χ1n) is 10.0. The van der Waals surface area contributed by atoms with E-state index in [0.29, 0.717) is 32.7 Å². The molecule has 2 atom stereocenters. The lowest BCUT2D eigenvalue weighted by molar-refractivity contribution is -0.148. The molecule has 0 aromatic heterocycles. The minimum absolute atomic E-state index is 0.0227. The van der Waals surface area contributed by atoms with Crippen molar-refractivity contribution in [3.8, 4) is 0 Å². The van der Waals surface area contributed by atoms with E-state index in [9.17, 15) is 9.59 Å². The number of carbonyl (C=O) groups is 2. The summed E-state index contributed by atoms with van der Waals surface area (Å²) in [7, 11) is 0. The second kappa shape index (κ2) is 9.22. The molecule has 2 aliphatic heterocycles. The largest absolute Gasteiger partial charge is 0.372 e. The van der Waals surface area contributed by atoms with Crippen LogP contribution in [0.5, 0.6) is 0 Å². The fourth-order valence-corrected chi connectivity index (χ4v) is 4.02. The molecule has 0 bridgehead atoms. The van der Waals surface area contributed by atoms with E-state index in [0.717, 1.165) is 19.3 Å². The summed E-state index contributed by atoms with van der Waals surface area (Å²) in [6.45, 7) is 7.28. The van der Waals surface area contributed by atoms with Crippen LogP contribution >= 0.6 is 0 Å². The van der Waals surface area contributed by atoms with Gasteiger partial charge in [0.15, 0.2) is 0 Å². The molecule has 2 heterocycles. The second-order valence-electron chi connectivity index (χ2n) is 7.73. The number of hydrogen-bond donors (Lipinski definition) is 1. The number of nitrogens with one attached hydrogen (secondary N) is 1. The molecular formula is C21H31N3O3. The summed E-state index contributed by atoms with van der Waals surface area (Å²) in [5.74, 6) is 0.247. The number of morpholine rings is 1. The maximum Gasteiger partial charge on any atom is 0.317 e. The van der Waals surface area contributed by atoms with Crippen LogP contribution in [0.15, 0.2) is 30.3 Å².